The van der Waals surface area contributed by atoms with Gasteiger partial charge in [0, 0.05) is 14.9 Å². The second-order valence-electron chi connectivity index (χ2n) is 3.93. The third-order valence-corrected chi connectivity index (χ3v) is 3.78. The van der Waals surface area contributed by atoms with Crippen LogP contribution in [0.3, 0.4) is 0 Å². The number of rotatable bonds is 2. The van der Waals surface area contributed by atoms with Crippen LogP contribution in [0.25, 0.3) is 0 Å². The van der Waals surface area contributed by atoms with Gasteiger partial charge in [0.1, 0.15) is 0 Å². The number of nitrogens with one attached hydrogen (secondary N) is 1. The highest BCUT2D eigenvalue weighted by molar-refractivity contribution is 9.11. The van der Waals surface area contributed by atoms with Crippen LogP contribution in [-0.4, -0.2) is 5.91 Å². The molecule has 2 nitrogen and oxygen atoms in total. The highest BCUT2D eigenvalue weighted by Crippen LogP contribution is 2.39. The molecule has 0 aromatic heterocycles. The van der Waals surface area contributed by atoms with Gasteiger partial charge in [0.2, 0.25) is 5.91 Å². The van der Waals surface area contributed by atoms with Crippen LogP contribution < -0.4 is 5.32 Å². The fraction of sp³-hybridized carbons (Fsp3) is 0.364. The molecule has 4 heteroatoms. The number of amides is 1. The summed E-state index contributed by atoms with van der Waals surface area (Å²) in [5, 5.41) is 2.92. The smallest absolute Gasteiger partial charge is 0.227 e. The summed E-state index contributed by atoms with van der Waals surface area (Å²) >= 11 is 6.79. The molecule has 0 spiro atoms. The maximum Gasteiger partial charge on any atom is 0.227 e. The predicted molar refractivity (Wildman–Crippen MR) is 67.7 cm³/mol. The predicted octanol–water partition coefficient (Wildman–Crippen LogP) is 3.81. The minimum absolute atomic E-state index is 0.130. The Morgan fingerprint density at radius 2 is 2.13 bits per heavy atom. The second-order valence-corrected chi connectivity index (χ2v) is 5.70. The van der Waals surface area contributed by atoms with Crippen LogP contribution in [0.2, 0.25) is 0 Å². The first kappa shape index (κ1) is 11.1. The standard InChI is InChI=1S/C11H11Br2NO/c1-6-4-8(6)11(15)14-10-3-2-7(12)5-9(10)13/h2-3,5-6,8H,4H2,1H3,(H,14,15). The normalized spacial score (nSPS) is 23.7. The van der Waals surface area contributed by atoms with Crippen molar-refractivity contribution >= 4 is 43.5 Å². The van der Waals surface area contributed by atoms with E-state index in [9.17, 15) is 4.79 Å². The molecular formula is C11H11Br2NO. The molecule has 1 fully saturated rings. The molecule has 1 N–H and O–H groups in total. The zero-order valence-corrected chi connectivity index (χ0v) is 11.4. The highest BCUT2D eigenvalue weighted by Gasteiger charge is 2.39. The minimum Gasteiger partial charge on any atom is -0.325 e. The quantitative estimate of drug-likeness (QED) is 0.876. The molecule has 2 atom stereocenters. The van der Waals surface area contributed by atoms with Gasteiger partial charge >= 0.3 is 0 Å². The number of anilines is 1. The fourth-order valence-corrected chi connectivity index (χ4v) is 2.65. The van der Waals surface area contributed by atoms with Crippen molar-refractivity contribution in [1.29, 1.82) is 0 Å². The lowest BCUT2D eigenvalue weighted by Crippen LogP contribution is -2.14. The summed E-state index contributed by atoms with van der Waals surface area (Å²) in [5.74, 6) is 0.880. The van der Waals surface area contributed by atoms with Gasteiger partial charge in [0.05, 0.1) is 5.69 Å². The third kappa shape index (κ3) is 2.61. The molecule has 0 bridgehead atoms. The summed E-state index contributed by atoms with van der Waals surface area (Å²) in [6.07, 6.45) is 1.01. The average Bonchev–Trinajstić information content (AvgIpc) is 2.88. The Labute approximate surface area is 106 Å². The number of benzene rings is 1. The molecule has 2 rings (SSSR count). The Balaban J connectivity index is 2.07. The van der Waals surface area contributed by atoms with E-state index in [-0.39, 0.29) is 11.8 Å². The van der Waals surface area contributed by atoms with E-state index >= 15 is 0 Å². The number of halogens is 2. The highest BCUT2D eigenvalue weighted by atomic mass is 79.9. The Kier molecular flexibility index (Phi) is 3.16. The summed E-state index contributed by atoms with van der Waals surface area (Å²) in [6, 6.07) is 5.72. The molecule has 15 heavy (non-hydrogen) atoms. The Hall–Kier alpha value is -0.350. The van der Waals surface area contributed by atoms with Crippen LogP contribution in [0.1, 0.15) is 13.3 Å². The van der Waals surface area contributed by atoms with Gasteiger partial charge in [-0.25, -0.2) is 0 Å². The van der Waals surface area contributed by atoms with E-state index in [1.165, 1.54) is 0 Å². The molecule has 1 aromatic carbocycles. The van der Waals surface area contributed by atoms with E-state index in [2.05, 4.69) is 44.1 Å². The van der Waals surface area contributed by atoms with Gasteiger partial charge < -0.3 is 5.32 Å². The summed E-state index contributed by atoms with van der Waals surface area (Å²) in [6.45, 7) is 2.10. The lowest BCUT2D eigenvalue weighted by atomic mass is 10.3. The molecule has 1 aromatic rings. The van der Waals surface area contributed by atoms with Gasteiger partial charge in [0.15, 0.2) is 0 Å². The zero-order chi connectivity index (χ0) is 11.0. The minimum atomic E-state index is 0.130. The first-order valence-corrected chi connectivity index (χ1v) is 6.42. The molecule has 0 aliphatic heterocycles. The van der Waals surface area contributed by atoms with Crippen molar-refractivity contribution in [3.05, 3.63) is 27.1 Å². The van der Waals surface area contributed by atoms with E-state index < -0.39 is 0 Å². The van der Waals surface area contributed by atoms with Crippen molar-refractivity contribution < 1.29 is 4.79 Å². The lowest BCUT2D eigenvalue weighted by Gasteiger charge is -2.07. The van der Waals surface area contributed by atoms with Gasteiger partial charge in [0.25, 0.3) is 0 Å². The zero-order valence-electron chi connectivity index (χ0n) is 8.26. The van der Waals surface area contributed by atoms with Crippen molar-refractivity contribution in [2.45, 2.75) is 13.3 Å². The lowest BCUT2D eigenvalue weighted by molar-refractivity contribution is -0.117. The maximum absolute atomic E-state index is 11.7. The van der Waals surface area contributed by atoms with Gasteiger partial charge in [-0.05, 0) is 46.5 Å². The number of hydrogen-bond donors (Lipinski definition) is 1. The van der Waals surface area contributed by atoms with Crippen molar-refractivity contribution in [2.24, 2.45) is 11.8 Å². The van der Waals surface area contributed by atoms with Gasteiger partial charge in [-0.3, -0.25) is 4.79 Å². The summed E-state index contributed by atoms with van der Waals surface area (Å²) in [5.41, 5.74) is 0.835. The number of carbonyl (C=O) groups is 1. The molecule has 0 radical (unpaired) electrons. The summed E-state index contributed by atoms with van der Waals surface area (Å²) < 4.78 is 1.89. The molecule has 1 aliphatic carbocycles. The number of carbonyl (C=O) groups excluding carboxylic acids is 1. The summed E-state index contributed by atoms with van der Waals surface area (Å²) in [4.78, 5) is 11.7. The van der Waals surface area contributed by atoms with Crippen molar-refractivity contribution in [2.75, 3.05) is 5.32 Å². The van der Waals surface area contributed by atoms with Crippen molar-refractivity contribution in [3.63, 3.8) is 0 Å². The largest absolute Gasteiger partial charge is 0.325 e. The Bertz CT molecular complexity index is 406. The summed E-state index contributed by atoms with van der Waals surface area (Å²) in [7, 11) is 0. The molecule has 1 saturated carbocycles. The van der Waals surface area contributed by atoms with Gasteiger partial charge in [-0.1, -0.05) is 22.9 Å². The van der Waals surface area contributed by atoms with E-state index in [1.807, 2.05) is 18.2 Å². The molecule has 1 amide bonds. The van der Waals surface area contributed by atoms with Gasteiger partial charge in [-0.2, -0.15) is 0 Å². The third-order valence-electron chi connectivity index (χ3n) is 2.64. The van der Waals surface area contributed by atoms with E-state index in [0.717, 1.165) is 21.1 Å². The molecule has 1 aliphatic rings. The SMILES string of the molecule is CC1CC1C(=O)Nc1ccc(Br)cc1Br. The van der Waals surface area contributed by atoms with Crippen LogP contribution in [0.15, 0.2) is 27.1 Å². The van der Waals surface area contributed by atoms with Crippen LogP contribution in [0.5, 0.6) is 0 Å². The van der Waals surface area contributed by atoms with Crippen LogP contribution >= 0.6 is 31.9 Å². The maximum atomic E-state index is 11.7. The van der Waals surface area contributed by atoms with Crippen molar-refractivity contribution in [1.82, 2.24) is 0 Å². The Morgan fingerprint density at radius 3 is 2.67 bits per heavy atom. The first-order valence-electron chi connectivity index (χ1n) is 4.84. The topological polar surface area (TPSA) is 29.1 Å². The number of hydrogen-bond acceptors (Lipinski definition) is 1. The monoisotopic (exact) mass is 331 g/mol. The first-order chi connectivity index (χ1) is 7.08. The van der Waals surface area contributed by atoms with Crippen LogP contribution in [0.4, 0.5) is 5.69 Å². The van der Waals surface area contributed by atoms with E-state index in [0.29, 0.717) is 5.92 Å². The average molecular weight is 333 g/mol. The molecule has 80 valence electrons. The van der Waals surface area contributed by atoms with Crippen LogP contribution in [0, 0.1) is 11.8 Å². The Morgan fingerprint density at radius 1 is 1.47 bits per heavy atom. The molecule has 0 saturated heterocycles. The van der Waals surface area contributed by atoms with Crippen LogP contribution in [-0.2, 0) is 4.79 Å². The fourth-order valence-electron chi connectivity index (χ4n) is 1.50. The van der Waals surface area contributed by atoms with E-state index in [1.54, 1.807) is 0 Å². The van der Waals surface area contributed by atoms with E-state index in [4.69, 9.17) is 0 Å². The molecular weight excluding hydrogens is 322 g/mol. The molecule has 2 unspecified atom stereocenters. The van der Waals surface area contributed by atoms with Crippen molar-refractivity contribution in [3.8, 4) is 0 Å². The second kappa shape index (κ2) is 4.26. The van der Waals surface area contributed by atoms with Gasteiger partial charge in [-0.15, -0.1) is 0 Å². The molecule has 0 heterocycles.